The Bertz CT molecular complexity index is 501. The van der Waals surface area contributed by atoms with E-state index in [1.807, 2.05) is 48.5 Å². The Morgan fingerprint density at radius 2 is 1.44 bits per heavy atom. The maximum atomic E-state index is 4.53. The first-order valence-corrected chi connectivity index (χ1v) is 6.21. The topological polar surface area (TPSA) is 24.4 Å². The fraction of sp³-hybridized carbons (Fsp3) is 0.188. The lowest BCUT2D eigenvalue weighted by Gasteiger charge is -2.11. The van der Waals surface area contributed by atoms with Crippen LogP contribution >= 0.6 is 0 Å². The van der Waals surface area contributed by atoms with Crippen LogP contribution in [0.4, 0.5) is 5.69 Å². The normalized spacial score (nSPS) is 11.6. The van der Waals surface area contributed by atoms with Gasteiger partial charge in [0.2, 0.25) is 0 Å². The third kappa shape index (κ3) is 3.20. The lowest BCUT2D eigenvalue weighted by Crippen LogP contribution is -2.11. The van der Waals surface area contributed by atoms with E-state index in [4.69, 9.17) is 0 Å². The molecule has 0 saturated heterocycles. The van der Waals surface area contributed by atoms with Gasteiger partial charge in [0.1, 0.15) is 0 Å². The smallest absolute Gasteiger partial charge is 0.0704 e. The van der Waals surface area contributed by atoms with E-state index in [9.17, 15) is 0 Å². The monoisotopic (exact) mass is 238 g/mol. The second-order valence-corrected chi connectivity index (χ2v) is 4.50. The summed E-state index contributed by atoms with van der Waals surface area (Å²) in [4.78, 5) is 0. The van der Waals surface area contributed by atoms with Crippen LogP contribution in [-0.2, 0) is 0 Å². The molecule has 2 aromatic carbocycles. The summed E-state index contributed by atoms with van der Waals surface area (Å²) in [6.45, 7) is 4.30. The van der Waals surface area contributed by atoms with Crippen LogP contribution in [0.1, 0.15) is 19.4 Å². The minimum absolute atomic E-state index is 0.378. The predicted molar refractivity (Wildman–Crippen MR) is 77.9 cm³/mol. The largest absolute Gasteiger partial charge is 0.278 e. The summed E-state index contributed by atoms with van der Waals surface area (Å²) >= 11 is 0. The summed E-state index contributed by atoms with van der Waals surface area (Å²) in [5.41, 5.74) is 6.35. The highest BCUT2D eigenvalue weighted by Crippen LogP contribution is 2.11. The number of hydrazone groups is 1. The van der Waals surface area contributed by atoms with E-state index in [1.165, 1.54) is 0 Å². The van der Waals surface area contributed by atoms with Gasteiger partial charge in [-0.15, -0.1) is 0 Å². The molecule has 0 saturated carbocycles. The molecule has 0 aromatic heterocycles. The Hall–Kier alpha value is -2.09. The summed E-state index contributed by atoms with van der Waals surface area (Å²) in [6, 6.07) is 20.3. The highest BCUT2D eigenvalue weighted by Gasteiger charge is 2.07. The van der Waals surface area contributed by atoms with Gasteiger partial charge in [-0.1, -0.05) is 62.4 Å². The SMILES string of the molecule is CC(C)/C(=N\Nc1ccccc1)c1ccccc1. The molecule has 0 fully saturated rings. The number of benzene rings is 2. The van der Waals surface area contributed by atoms with Crippen molar-refractivity contribution in [1.29, 1.82) is 0 Å². The number of nitrogens with one attached hydrogen (secondary N) is 1. The lowest BCUT2D eigenvalue weighted by molar-refractivity contribution is 0.881. The van der Waals surface area contributed by atoms with Gasteiger partial charge in [0, 0.05) is 0 Å². The third-order valence-corrected chi connectivity index (χ3v) is 2.70. The van der Waals surface area contributed by atoms with E-state index < -0.39 is 0 Å². The highest BCUT2D eigenvalue weighted by atomic mass is 15.3. The molecule has 0 bridgehead atoms. The molecule has 0 aliphatic carbocycles. The molecule has 0 unspecified atom stereocenters. The summed E-state index contributed by atoms with van der Waals surface area (Å²) in [7, 11) is 0. The van der Waals surface area contributed by atoms with Crippen LogP contribution in [0.2, 0.25) is 0 Å². The number of hydrogen-bond donors (Lipinski definition) is 1. The molecule has 92 valence electrons. The lowest BCUT2D eigenvalue weighted by atomic mass is 10.0. The molecule has 2 rings (SSSR count). The summed E-state index contributed by atoms with van der Waals surface area (Å²) < 4.78 is 0. The Balaban J connectivity index is 2.21. The maximum Gasteiger partial charge on any atom is 0.0704 e. The molecular formula is C16H18N2. The average molecular weight is 238 g/mol. The second-order valence-electron chi connectivity index (χ2n) is 4.50. The molecule has 18 heavy (non-hydrogen) atoms. The van der Waals surface area contributed by atoms with Crippen molar-refractivity contribution < 1.29 is 0 Å². The maximum absolute atomic E-state index is 4.53. The predicted octanol–water partition coefficient (Wildman–Crippen LogP) is 4.16. The van der Waals surface area contributed by atoms with Gasteiger partial charge >= 0.3 is 0 Å². The molecule has 0 amide bonds. The van der Waals surface area contributed by atoms with Gasteiger partial charge in [-0.25, -0.2) is 0 Å². The summed E-state index contributed by atoms with van der Waals surface area (Å²) in [5, 5.41) is 4.53. The molecule has 0 spiro atoms. The number of nitrogens with zero attached hydrogens (tertiary/aromatic N) is 1. The molecule has 2 heteroatoms. The zero-order valence-corrected chi connectivity index (χ0v) is 10.8. The van der Waals surface area contributed by atoms with Crippen molar-refractivity contribution in [2.75, 3.05) is 5.43 Å². The molecule has 2 aromatic rings. The minimum Gasteiger partial charge on any atom is -0.278 e. The quantitative estimate of drug-likeness (QED) is 0.627. The molecular weight excluding hydrogens is 220 g/mol. The Morgan fingerprint density at radius 1 is 0.889 bits per heavy atom. The van der Waals surface area contributed by atoms with Gasteiger partial charge in [0.05, 0.1) is 11.4 Å². The van der Waals surface area contributed by atoms with Crippen molar-refractivity contribution in [3.8, 4) is 0 Å². The van der Waals surface area contributed by atoms with E-state index in [0.717, 1.165) is 17.0 Å². The van der Waals surface area contributed by atoms with Crippen molar-refractivity contribution >= 4 is 11.4 Å². The molecule has 0 aliphatic rings. The molecule has 0 radical (unpaired) electrons. The number of rotatable bonds is 4. The van der Waals surface area contributed by atoms with Gasteiger partial charge in [-0.3, -0.25) is 5.43 Å². The van der Waals surface area contributed by atoms with Gasteiger partial charge in [0.25, 0.3) is 0 Å². The first-order valence-electron chi connectivity index (χ1n) is 6.21. The van der Waals surface area contributed by atoms with Crippen LogP contribution in [0.25, 0.3) is 0 Å². The molecule has 0 heterocycles. The van der Waals surface area contributed by atoms with Crippen molar-refractivity contribution in [3.05, 3.63) is 66.2 Å². The van der Waals surface area contributed by atoms with Gasteiger partial charge in [-0.05, 0) is 23.6 Å². The molecule has 0 atom stereocenters. The molecule has 0 aliphatic heterocycles. The Labute approximate surface area is 108 Å². The molecule has 2 nitrogen and oxygen atoms in total. The van der Waals surface area contributed by atoms with Crippen LogP contribution < -0.4 is 5.43 Å². The number of hydrogen-bond acceptors (Lipinski definition) is 2. The van der Waals surface area contributed by atoms with Crippen molar-refractivity contribution in [2.24, 2.45) is 11.0 Å². The second kappa shape index (κ2) is 6.01. The summed E-state index contributed by atoms with van der Waals surface area (Å²) in [5.74, 6) is 0.378. The third-order valence-electron chi connectivity index (χ3n) is 2.70. The minimum atomic E-state index is 0.378. The number of para-hydroxylation sites is 1. The van der Waals surface area contributed by atoms with Gasteiger partial charge < -0.3 is 0 Å². The average Bonchev–Trinajstić information content (AvgIpc) is 2.41. The first-order chi connectivity index (χ1) is 8.77. The van der Waals surface area contributed by atoms with E-state index >= 15 is 0 Å². The van der Waals surface area contributed by atoms with Crippen molar-refractivity contribution in [1.82, 2.24) is 0 Å². The zero-order chi connectivity index (χ0) is 12.8. The number of anilines is 1. The Kier molecular flexibility index (Phi) is 4.13. The first kappa shape index (κ1) is 12.4. The van der Waals surface area contributed by atoms with E-state index in [1.54, 1.807) is 0 Å². The van der Waals surface area contributed by atoms with Crippen LogP contribution in [0.5, 0.6) is 0 Å². The van der Waals surface area contributed by atoms with E-state index in [0.29, 0.717) is 5.92 Å². The van der Waals surface area contributed by atoms with E-state index in [2.05, 4.69) is 36.5 Å². The van der Waals surface area contributed by atoms with Crippen LogP contribution in [-0.4, -0.2) is 5.71 Å². The Morgan fingerprint density at radius 3 is 2.00 bits per heavy atom. The van der Waals surface area contributed by atoms with Crippen LogP contribution in [0.3, 0.4) is 0 Å². The fourth-order valence-corrected chi connectivity index (χ4v) is 1.77. The fourth-order valence-electron chi connectivity index (χ4n) is 1.77. The summed E-state index contributed by atoms with van der Waals surface area (Å²) in [6.07, 6.45) is 0. The van der Waals surface area contributed by atoms with Gasteiger partial charge in [-0.2, -0.15) is 5.10 Å². The van der Waals surface area contributed by atoms with Crippen molar-refractivity contribution in [3.63, 3.8) is 0 Å². The van der Waals surface area contributed by atoms with E-state index in [-0.39, 0.29) is 0 Å². The zero-order valence-electron chi connectivity index (χ0n) is 10.8. The van der Waals surface area contributed by atoms with Gasteiger partial charge in [0.15, 0.2) is 0 Å². The van der Waals surface area contributed by atoms with Crippen molar-refractivity contribution in [2.45, 2.75) is 13.8 Å². The highest BCUT2D eigenvalue weighted by molar-refractivity contribution is 6.02. The molecule has 1 N–H and O–H groups in total. The standard InChI is InChI=1S/C16H18N2/c1-13(2)16(14-9-5-3-6-10-14)18-17-15-11-7-4-8-12-15/h3-13,17H,1-2H3/b18-16+. The van der Waals surface area contributed by atoms with Crippen LogP contribution in [0.15, 0.2) is 65.8 Å². The van der Waals surface area contributed by atoms with Crippen LogP contribution in [0, 0.1) is 5.92 Å².